The highest BCUT2D eigenvalue weighted by Gasteiger charge is 2.28. The van der Waals surface area contributed by atoms with Crippen LogP contribution in [0.2, 0.25) is 0 Å². The molecule has 4 nitrogen and oxygen atoms in total. The van der Waals surface area contributed by atoms with E-state index in [9.17, 15) is 14.0 Å². The minimum atomic E-state index is -0.589. The number of rotatable bonds is 8. The molecule has 0 spiro atoms. The van der Waals surface area contributed by atoms with E-state index < -0.39 is 6.04 Å². The first kappa shape index (κ1) is 22.9. The summed E-state index contributed by atoms with van der Waals surface area (Å²) in [6, 6.07) is 15.3. The van der Waals surface area contributed by atoms with E-state index in [-0.39, 0.29) is 28.9 Å². The highest BCUT2D eigenvalue weighted by Crippen LogP contribution is 2.17. The van der Waals surface area contributed by atoms with E-state index in [1.54, 1.807) is 24.0 Å². The summed E-state index contributed by atoms with van der Waals surface area (Å²) in [7, 11) is 0. The van der Waals surface area contributed by atoms with Crippen LogP contribution in [-0.4, -0.2) is 34.0 Å². The van der Waals surface area contributed by atoms with Gasteiger partial charge in [0.25, 0.3) is 0 Å². The molecule has 1 N–H and O–H groups in total. The predicted molar refractivity (Wildman–Crippen MR) is 117 cm³/mol. The largest absolute Gasteiger partial charge is 0.350 e. The Morgan fingerprint density at radius 2 is 1.66 bits per heavy atom. The van der Waals surface area contributed by atoms with Crippen LogP contribution in [0.15, 0.2) is 54.6 Å². The number of thioether (sulfide) groups is 1. The van der Waals surface area contributed by atoms with Crippen molar-refractivity contribution in [1.29, 1.82) is 0 Å². The van der Waals surface area contributed by atoms with Crippen LogP contribution in [0, 0.1) is 5.82 Å². The normalized spacial score (nSPS) is 12.3. The van der Waals surface area contributed by atoms with Gasteiger partial charge in [0, 0.05) is 17.8 Å². The second-order valence-corrected chi connectivity index (χ2v) is 9.03. The van der Waals surface area contributed by atoms with Crippen molar-refractivity contribution in [3.63, 3.8) is 0 Å². The van der Waals surface area contributed by atoms with E-state index in [4.69, 9.17) is 0 Å². The number of halogens is 1. The van der Waals surface area contributed by atoms with Crippen molar-refractivity contribution in [3.8, 4) is 0 Å². The molecule has 0 aromatic heterocycles. The Bertz CT molecular complexity index is 804. The van der Waals surface area contributed by atoms with Crippen LogP contribution in [0.4, 0.5) is 4.39 Å². The van der Waals surface area contributed by atoms with E-state index in [2.05, 4.69) is 5.32 Å². The molecule has 6 heteroatoms. The van der Waals surface area contributed by atoms with Crippen LogP contribution in [0.5, 0.6) is 0 Å². The molecule has 0 radical (unpaired) electrons. The first-order valence-electron chi connectivity index (χ1n) is 9.63. The monoisotopic (exact) mass is 416 g/mol. The summed E-state index contributed by atoms with van der Waals surface area (Å²) in [4.78, 5) is 27.3. The number of hydrogen-bond donors (Lipinski definition) is 1. The Labute approximate surface area is 176 Å². The zero-order valence-corrected chi connectivity index (χ0v) is 18.3. The van der Waals surface area contributed by atoms with Crippen LogP contribution >= 0.6 is 11.8 Å². The van der Waals surface area contributed by atoms with Gasteiger partial charge in [0.2, 0.25) is 11.8 Å². The van der Waals surface area contributed by atoms with E-state index in [1.807, 2.05) is 51.1 Å². The van der Waals surface area contributed by atoms with Gasteiger partial charge in [0.1, 0.15) is 11.9 Å². The lowest BCUT2D eigenvalue weighted by Crippen LogP contribution is -2.52. The minimum absolute atomic E-state index is 0.0995. The zero-order chi connectivity index (χ0) is 21.4. The number of amides is 2. The third kappa shape index (κ3) is 7.89. The summed E-state index contributed by atoms with van der Waals surface area (Å²) >= 11 is 1.46. The third-order valence-corrected chi connectivity index (χ3v) is 5.26. The number of hydrogen-bond acceptors (Lipinski definition) is 3. The fourth-order valence-electron chi connectivity index (χ4n) is 2.76. The number of nitrogens with zero attached hydrogens (tertiary/aromatic N) is 1. The molecule has 0 bridgehead atoms. The lowest BCUT2D eigenvalue weighted by molar-refractivity contribution is -0.139. The maximum Gasteiger partial charge on any atom is 0.242 e. The number of carbonyl (C=O) groups excluding carboxylic acids is 2. The van der Waals surface area contributed by atoms with Gasteiger partial charge in [-0.05, 0) is 51.0 Å². The molecule has 0 heterocycles. The molecule has 0 aliphatic carbocycles. The maximum absolute atomic E-state index is 13.0. The highest BCUT2D eigenvalue weighted by atomic mass is 32.2. The SMILES string of the molecule is C[C@@H](C(=O)NC(C)(C)C)N(Cc1ccccc1)C(=O)CSCc1ccc(F)cc1. The molecule has 0 aliphatic heterocycles. The van der Waals surface area contributed by atoms with Crippen LogP contribution in [0.1, 0.15) is 38.8 Å². The lowest BCUT2D eigenvalue weighted by Gasteiger charge is -2.31. The van der Waals surface area contributed by atoms with Crippen LogP contribution in [0.25, 0.3) is 0 Å². The van der Waals surface area contributed by atoms with Crippen molar-refractivity contribution in [1.82, 2.24) is 10.2 Å². The summed E-state index contributed by atoms with van der Waals surface area (Å²) < 4.78 is 13.0. The predicted octanol–water partition coefficient (Wildman–Crippen LogP) is 4.39. The molecule has 2 aromatic carbocycles. The minimum Gasteiger partial charge on any atom is -0.350 e. The summed E-state index contributed by atoms with van der Waals surface area (Å²) in [5.74, 6) is 0.302. The maximum atomic E-state index is 13.0. The molecule has 1 atom stereocenters. The Balaban J connectivity index is 2.05. The molecule has 2 rings (SSSR count). The molecule has 0 fully saturated rings. The Kier molecular flexibility index (Phi) is 8.26. The van der Waals surface area contributed by atoms with E-state index in [0.29, 0.717) is 12.3 Å². The molecule has 2 amide bonds. The van der Waals surface area contributed by atoms with Gasteiger partial charge in [0.15, 0.2) is 0 Å². The molecular weight excluding hydrogens is 387 g/mol. The fourth-order valence-corrected chi connectivity index (χ4v) is 3.63. The summed E-state index contributed by atoms with van der Waals surface area (Å²) in [6.07, 6.45) is 0. The molecule has 0 saturated heterocycles. The van der Waals surface area contributed by atoms with Gasteiger partial charge in [-0.15, -0.1) is 11.8 Å². The average Bonchev–Trinajstić information content (AvgIpc) is 2.66. The standard InChI is InChI=1S/C23H29FN2O2S/c1-17(22(28)25-23(2,3)4)26(14-18-8-6-5-7-9-18)21(27)16-29-15-19-10-12-20(24)13-11-19/h5-13,17H,14-16H2,1-4H3,(H,25,28)/t17-/m0/s1. The summed E-state index contributed by atoms with van der Waals surface area (Å²) in [6.45, 7) is 7.88. The van der Waals surface area contributed by atoms with Crippen molar-refractivity contribution >= 4 is 23.6 Å². The first-order chi connectivity index (χ1) is 13.7. The van der Waals surface area contributed by atoms with Crippen molar-refractivity contribution in [2.45, 2.75) is 51.6 Å². The van der Waals surface area contributed by atoms with E-state index in [1.165, 1.54) is 23.9 Å². The van der Waals surface area contributed by atoms with E-state index in [0.717, 1.165) is 11.1 Å². The van der Waals surface area contributed by atoms with Gasteiger partial charge >= 0.3 is 0 Å². The average molecular weight is 417 g/mol. The van der Waals surface area contributed by atoms with Crippen molar-refractivity contribution in [3.05, 3.63) is 71.5 Å². The second-order valence-electron chi connectivity index (χ2n) is 8.04. The second kappa shape index (κ2) is 10.4. The van der Waals surface area contributed by atoms with Crippen molar-refractivity contribution in [2.24, 2.45) is 0 Å². The van der Waals surface area contributed by atoms with Gasteiger partial charge in [-0.2, -0.15) is 0 Å². The van der Waals surface area contributed by atoms with Crippen LogP contribution in [-0.2, 0) is 21.9 Å². The molecule has 0 aliphatic rings. The van der Waals surface area contributed by atoms with Gasteiger partial charge in [0.05, 0.1) is 5.75 Å². The number of carbonyl (C=O) groups is 2. The molecule has 0 unspecified atom stereocenters. The number of nitrogens with one attached hydrogen (secondary N) is 1. The van der Waals surface area contributed by atoms with Gasteiger partial charge in [-0.1, -0.05) is 42.5 Å². The smallest absolute Gasteiger partial charge is 0.242 e. The van der Waals surface area contributed by atoms with Crippen LogP contribution < -0.4 is 5.32 Å². The van der Waals surface area contributed by atoms with Gasteiger partial charge < -0.3 is 10.2 Å². The van der Waals surface area contributed by atoms with Crippen molar-refractivity contribution in [2.75, 3.05) is 5.75 Å². The fraction of sp³-hybridized carbons (Fsp3) is 0.391. The summed E-state index contributed by atoms with van der Waals surface area (Å²) in [5.41, 5.74) is 1.56. The molecule has 29 heavy (non-hydrogen) atoms. The summed E-state index contributed by atoms with van der Waals surface area (Å²) in [5, 5.41) is 2.95. The Hall–Kier alpha value is -2.34. The zero-order valence-electron chi connectivity index (χ0n) is 17.4. The molecule has 2 aromatic rings. The highest BCUT2D eigenvalue weighted by molar-refractivity contribution is 7.99. The Morgan fingerprint density at radius 3 is 2.24 bits per heavy atom. The number of benzene rings is 2. The first-order valence-corrected chi connectivity index (χ1v) is 10.8. The molecule has 0 saturated carbocycles. The lowest BCUT2D eigenvalue weighted by atomic mass is 10.1. The topological polar surface area (TPSA) is 49.4 Å². The Morgan fingerprint density at radius 1 is 1.03 bits per heavy atom. The quantitative estimate of drug-likeness (QED) is 0.694. The van der Waals surface area contributed by atoms with Crippen LogP contribution in [0.3, 0.4) is 0 Å². The van der Waals surface area contributed by atoms with Gasteiger partial charge in [-0.3, -0.25) is 9.59 Å². The molecule has 156 valence electrons. The van der Waals surface area contributed by atoms with Crippen molar-refractivity contribution < 1.29 is 14.0 Å². The van der Waals surface area contributed by atoms with Gasteiger partial charge in [-0.25, -0.2) is 4.39 Å². The van der Waals surface area contributed by atoms with E-state index >= 15 is 0 Å². The third-order valence-electron chi connectivity index (χ3n) is 4.27. The molecular formula is C23H29FN2O2S.